The van der Waals surface area contributed by atoms with Crippen molar-refractivity contribution in [2.24, 2.45) is 0 Å². The molecule has 5 nitrogen and oxygen atoms in total. The fourth-order valence-corrected chi connectivity index (χ4v) is 3.43. The SMILES string of the molecule is O=C(Nc1nc2ccc(Cl)cc2s1)c1ccn(-c2ccc(F)cc2)n1. The molecule has 0 spiro atoms. The molecule has 0 saturated heterocycles. The van der Waals surface area contributed by atoms with Crippen LogP contribution in [0.1, 0.15) is 10.5 Å². The number of amides is 1. The zero-order chi connectivity index (χ0) is 17.4. The largest absolute Gasteiger partial charge is 0.296 e. The Bertz CT molecular complexity index is 1070. The maximum absolute atomic E-state index is 13.0. The van der Waals surface area contributed by atoms with Crippen molar-refractivity contribution >= 4 is 44.2 Å². The van der Waals surface area contributed by atoms with Crippen LogP contribution in [0.3, 0.4) is 0 Å². The van der Waals surface area contributed by atoms with Gasteiger partial charge in [0.05, 0.1) is 15.9 Å². The van der Waals surface area contributed by atoms with Gasteiger partial charge in [-0.25, -0.2) is 14.1 Å². The maximum Gasteiger partial charge on any atom is 0.277 e. The predicted octanol–water partition coefficient (Wildman–Crippen LogP) is 4.53. The number of nitrogens with one attached hydrogen (secondary N) is 1. The zero-order valence-corrected chi connectivity index (χ0v) is 14.2. The lowest BCUT2D eigenvalue weighted by molar-refractivity contribution is 0.102. The number of fused-ring (bicyclic) bond motifs is 1. The predicted molar refractivity (Wildman–Crippen MR) is 96.1 cm³/mol. The second-order valence-electron chi connectivity index (χ2n) is 5.21. The van der Waals surface area contributed by atoms with Gasteiger partial charge in [0.15, 0.2) is 10.8 Å². The number of rotatable bonds is 3. The van der Waals surface area contributed by atoms with Crippen molar-refractivity contribution in [1.82, 2.24) is 14.8 Å². The summed E-state index contributed by atoms with van der Waals surface area (Å²) in [6.45, 7) is 0. The Morgan fingerprint density at radius 3 is 2.76 bits per heavy atom. The smallest absolute Gasteiger partial charge is 0.277 e. The van der Waals surface area contributed by atoms with Gasteiger partial charge in [0.1, 0.15) is 5.82 Å². The van der Waals surface area contributed by atoms with Gasteiger partial charge in [-0.2, -0.15) is 5.10 Å². The molecular weight excluding hydrogens is 363 g/mol. The van der Waals surface area contributed by atoms with Crippen molar-refractivity contribution in [1.29, 1.82) is 0 Å². The topological polar surface area (TPSA) is 59.8 Å². The second kappa shape index (κ2) is 6.27. The van der Waals surface area contributed by atoms with Crippen LogP contribution in [0, 0.1) is 5.82 Å². The number of halogens is 2. The van der Waals surface area contributed by atoms with Crippen molar-refractivity contribution in [2.45, 2.75) is 0 Å². The van der Waals surface area contributed by atoms with Crippen LogP contribution in [0.5, 0.6) is 0 Å². The molecule has 2 aromatic carbocycles. The summed E-state index contributed by atoms with van der Waals surface area (Å²) in [5.74, 6) is -0.698. The van der Waals surface area contributed by atoms with Gasteiger partial charge in [-0.3, -0.25) is 10.1 Å². The minimum absolute atomic E-state index is 0.238. The van der Waals surface area contributed by atoms with E-state index in [2.05, 4.69) is 15.4 Å². The van der Waals surface area contributed by atoms with Crippen molar-refractivity contribution in [3.63, 3.8) is 0 Å². The minimum atomic E-state index is -0.369. The second-order valence-corrected chi connectivity index (χ2v) is 6.67. The van der Waals surface area contributed by atoms with E-state index in [0.29, 0.717) is 15.8 Å². The maximum atomic E-state index is 13.0. The summed E-state index contributed by atoms with van der Waals surface area (Å²) < 4.78 is 15.4. The van der Waals surface area contributed by atoms with E-state index < -0.39 is 0 Å². The Morgan fingerprint density at radius 1 is 1.16 bits per heavy atom. The molecule has 0 atom stereocenters. The van der Waals surface area contributed by atoms with Crippen LogP contribution in [-0.2, 0) is 0 Å². The van der Waals surface area contributed by atoms with Crippen LogP contribution < -0.4 is 5.32 Å². The third-order valence-electron chi connectivity index (χ3n) is 3.48. The van der Waals surface area contributed by atoms with Crippen LogP contribution in [0.15, 0.2) is 54.7 Å². The van der Waals surface area contributed by atoms with Crippen LogP contribution in [-0.4, -0.2) is 20.7 Å². The summed E-state index contributed by atoms with van der Waals surface area (Å²) >= 11 is 7.29. The number of nitrogens with zero attached hydrogens (tertiary/aromatic N) is 3. The number of aromatic nitrogens is 3. The molecule has 0 saturated carbocycles. The van der Waals surface area contributed by atoms with E-state index in [-0.39, 0.29) is 17.4 Å². The summed E-state index contributed by atoms with van der Waals surface area (Å²) in [7, 11) is 0. The molecule has 0 radical (unpaired) electrons. The number of thiazole rings is 1. The molecule has 124 valence electrons. The molecule has 4 rings (SSSR count). The molecule has 1 amide bonds. The summed E-state index contributed by atoms with van der Waals surface area (Å²) in [5, 5.41) is 8.03. The average molecular weight is 373 g/mol. The first kappa shape index (κ1) is 15.7. The van der Waals surface area contributed by atoms with E-state index in [1.54, 1.807) is 42.6 Å². The Labute approximate surface area is 150 Å². The Kier molecular flexibility index (Phi) is 3.95. The number of benzene rings is 2. The van der Waals surface area contributed by atoms with Gasteiger partial charge in [-0.05, 0) is 48.5 Å². The summed E-state index contributed by atoms with van der Waals surface area (Å²) in [6, 6.07) is 12.8. The van der Waals surface area contributed by atoms with E-state index in [1.807, 2.05) is 0 Å². The van der Waals surface area contributed by atoms with Crippen molar-refractivity contribution in [2.75, 3.05) is 5.32 Å². The summed E-state index contributed by atoms with van der Waals surface area (Å²) in [4.78, 5) is 16.7. The molecule has 0 bridgehead atoms. The van der Waals surface area contributed by atoms with Crippen LogP contribution >= 0.6 is 22.9 Å². The monoisotopic (exact) mass is 372 g/mol. The van der Waals surface area contributed by atoms with Gasteiger partial charge in [0, 0.05) is 11.2 Å². The fourth-order valence-electron chi connectivity index (χ4n) is 2.30. The first-order valence-corrected chi connectivity index (χ1v) is 8.47. The van der Waals surface area contributed by atoms with Crippen molar-refractivity contribution in [3.05, 3.63) is 71.3 Å². The molecule has 2 aromatic heterocycles. The van der Waals surface area contributed by atoms with E-state index >= 15 is 0 Å². The highest BCUT2D eigenvalue weighted by Gasteiger charge is 2.13. The minimum Gasteiger partial charge on any atom is -0.296 e. The van der Waals surface area contributed by atoms with E-state index in [9.17, 15) is 9.18 Å². The fraction of sp³-hybridized carbons (Fsp3) is 0. The standard InChI is InChI=1S/C17H10ClFN4OS/c18-10-1-6-13-15(9-10)25-17(20-13)21-16(24)14-7-8-23(22-14)12-4-2-11(19)3-5-12/h1-9H,(H,20,21,24). The first-order valence-electron chi connectivity index (χ1n) is 7.27. The average Bonchev–Trinajstić information content (AvgIpc) is 3.21. The molecule has 8 heteroatoms. The molecule has 0 fully saturated rings. The molecule has 0 unspecified atom stereocenters. The number of hydrogen-bond acceptors (Lipinski definition) is 4. The van der Waals surface area contributed by atoms with Gasteiger partial charge in [0.2, 0.25) is 0 Å². The normalized spacial score (nSPS) is 11.0. The third-order valence-corrected chi connectivity index (χ3v) is 4.65. The highest BCUT2D eigenvalue weighted by atomic mass is 35.5. The van der Waals surface area contributed by atoms with Gasteiger partial charge in [-0.15, -0.1) is 0 Å². The van der Waals surface area contributed by atoms with Crippen LogP contribution in [0.4, 0.5) is 9.52 Å². The molecule has 1 N–H and O–H groups in total. The van der Waals surface area contributed by atoms with Crippen molar-refractivity contribution in [3.8, 4) is 5.69 Å². The van der Waals surface area contributed by atoms with Gasteiger partial charge >= 0.3 is 0 Å². The lowest BCUT2D eigenvalue weighted by Gasteiger charge is -2.01. The van der Waals surface area contributed by atoms with E-state index in [4.69, 9.17) is 11.6 Å². The number of carbonyl (C=O) groups is 1. The number of carbonyl (C=O) groups excluding carboxylic acids is 1. The number of hydrogen-bond donors (Lipinski definition) is 1. The quantitative estimate of drug-likeness (QED) is 0.575. The summed E-state index contributed by atoms with van der Waals surface area (Å²) in [5.41, 5.74) is 1.67. The third kappa shape index (κ3) is 3.24. The highest BCUT2D eigenvalue weighted by Crippen LogP contribution is 2.28. The molecule has 0 aliphatic heterocycles. The van der Waals surface area contributed by atoms with Gasteiger partial charge in [-0.1, -0.05) is 22.9 Å². The summed E-state index contributed by atoms with van der Waals surface area (Å²) in [6.07, 6.45) is 1.64. The zero-order valence-electron chi connectivity index (χ0n) is 12.6. The van der Waals surface area contributed by atoms with E-state index in [1.165, 1.54) is 28.2 Å². The van der Waals surface area contributed by atoms with Crippen molar-refractivity contribution < 1.29 is 9.18 Å². The lowest BCUT2D eigenvalue weighted by atomic mass is 10.3. The molecule has 25 heavy (non-hydrogen) atoms. The molecule has 4 aromatic rings. The first-order chi connectivity index (χ1) is 12.1. The highest BCUT2D eigenvalue weighted by molar-refractivity contribution is 7.22. The Morgan fingerprint density at radius 2 is 1.96 bits per heavy atom. The molecule has 0 aliphatic carbocycles. The molecule has 0 aliphatic rings. The lowest BCUT2D eigenvalue weighted by Crippen LogP contribution is -2.13. The van der Waals surface area contributed by atoms with Gasteiger partial charge in [0.25, 0.3) is 5.91 Å². The molecular formula is C17H10ClFN4OS. The van der Waals surface area contributed by atoms with Crippen LogP contribution in [0.2, 0.25) is 5.02 Å². The Hall–Kier alpha value is -2.77. The van der Waals surface area contributed by atoms with Crippen LogP contribution in [0.25, 0.3) is 15.9 Å². The van der Waals surface area contributed by atoms with E-state index in [0.717, 1.165) is 10.2 Å². The Balaban J connectivity index is 1.55. The molecule has 2 heterocycles. The number of anilines is 1. The van der Waals surface area contributed by atoms with Gasteiger partial charge < -0.3 is 0 Å².